The van der Waals surface area contributed by atoms with Crippen molar-refractivity contribution in [2.24, 2.45) is 0 Å². The molecule has 0 unspecified atom stereocenters. The van der Waals surface area contributed by atoms with Crippen LogP contribution in [-0.2, 0) is 0 Å². The van der Waals surface area contributed by atoms with Crippen molar-refractivity contribution >= 4 is 59.5 Å². The van der Waals surface area contributed by atoms with Crippen molar-refractivity contribution in [2.45, 2.75) is 0 Å². The molecule has 0 bridgehead atoms. The summed E-state index contributed by atoms with van der Waals surface area (Å²) in [5, 5.41) is 4.81. The van der Waals surface area contributed by atoms with Gasteiger partial charge in [-0.15, -0.1) is 0 Å². The Hall–Kier alpha value is -1.97. The van der Waals surface area contributed by atoms with Gasteiger partial charge in [0.2, 0.25) is 0 Å². The number of fused-ring (bicyclic) bond motifs is 2. The number of hydrogen-bond acceptors (Lipinski definition) is 1. The molecular formula is C21H13Br2N. The van der Waals surface area contributed by atoms with Crippen LogP contribution in [0.3, 0.4) is 0 Å². The van der Waals surface area contributed by atoms with Gasteiger partial charge >= 0.3 is 0 Å². The van der Waals surface area contributed by atoms with Crippen molar-refractivity contribution in [3.8, 4) is 11.1 Å². The minimum absolute atomic E-state index is 0.916. The van der Waals surface area contributed by atoms with E-state index in [2.05, 4.69) is 97.5 Å². The summed E-state index contributed by atoms with van der Waals surface area (Å²) < 4.78 is 0.916. The predicted molar refractivity (Wildman–Crippen MR) is 111 cm³/mol. The molecule has 0 aliphatic rings. The fourth-order valence-electron chi connectivity index (χ4n) is 3.14. The number of pyridine rings is 1. The van der Waals surface area contributed by atoms with E-state index >= 15 is 0 Å². The minimum atomic E-state index is 0.916. The second-order valence-electron chi connectivity index (χ2n) is 5.59. The Labute approximate surface area is 157 Å². The second kappa shape index (κ2) is 6.50. The molecule has 0 fully saturated rings. The first-order valence-corrected chi connectivity index (χ1v) is 9.20. The summed E-state index contributed by atoms with van der Waals surface area (Å²) >= 11 is 6.99. The molecule has 3 aromatic carbocycles. The van der Waals surface area contributed by atoms with Gasteiger partial charge in [-0.1, -0.05) is 60.7 Å². The lowest BCUT2D eigenvalue weighted by Crippen LogP contribution is -1.89. The molecule has 1 nitrogen and oxygen atoms in total. The Morgan fingerprint density at radius 2 is 1.46 bits per heavy atom. The number of hydrogen-bond donors (Lipinski definition) is 0. The molecule has 4 aromatic rings. The summed E-state index contributed by atoms with van der Waals surface area (Å²) in [4.78, 5) is 4.47. The molecule has 0 saturated heterocycles. The Morgan fingerprint density at radius 3 is 2.25 bits per heavy atom. The second-order valence-corrected chi connectivity index (χ2v) is 8.37. The van der Waals surface area contributed by atoms with Crippen LogP contribution in [0.4, 0.5) is 0 Å². The molecule has 116 valence electrons. The molecule has 1 heterocycles. The maximum Gasteiger partial charge on any atom is 0.0610 e. The molecule has 24 heavy (non-hydrogen) atoms. The van der Waals surface area contributed by atoms with Gasteiger partial charge in [-0.05, 0) is 65.2 Å². The Kier molecular flexibility index (Phi) is 4.21. The van der Waals surface area contributed by atoms with E-state index in [1.165, 1.54) is 21.7 Å². The van der Waals surface area contributed by atoms with Crippen molar-refractivity contribution in [2.75, 3.05) is 0 Å². The van der Waals surface area contributed by atoms with Crippen LogP contribution in [0.1, 0.15) is 5.56 Å². The molecule has 0 atom stereocenters. The highest BCUT2D eigenvalue weighted by atomic mass is 79.9. The smallest absolute Gasteiger partial charge is 0.0610 e. The first-order chi connectivity index (χ1) is 11.7. The highest BCUT2D eigenvalue weighted by Gasteiger charge is 2.12. The first kappa shape index (κ1) is 15.6. The number of halogens is 2. The van der Waals surface area contributed by atoms with E-state index < -0.39 is 0 Å². The van der Waals surface area contributed by atoms with Gasteiger partial charge in [0.15, 0.2) is 0 Å². The lowest BCUT2D eigenvalue weighted by atomic mass is 9.91. The van der Waals surface area contributed by atoms with Crippen molar-refractivity contribution < 1.29 is 0 Å². The van der Waals surface area contributed by atoms with Crippen LogP contribution in [0.2, 0.25) is 0 Å². The zero-order chi connectivity index (χ0) is 16.5. The molecule has 0 N–H and O–H groups in total. The van der Waals surface area contributed by atoms with E-state index in [-0.39, 0.29) is 0 Å². The average molecular weight is 439 g/mol. The molecule has 0 amide bonds. The minimum Gasteiger partial charge on any atom is -0.263 e. The number of rotatable bonds is 2. The maximum absolute atomic E-state index is 4.47. The van der Waals surface area contributed by atoms with Crippen molar-refractivity contribution in [3.05, 3.63) is 82.0 Å². The Bertz CT molecular complexity index is 1070. The Morgan fingerprint density at radius 1 is 0.750 bits per heavy atom. The third kappa shape index (κ3) is 2.79. The number of aromatic nitrogens is 1. The van der Waals surface area contributed by atoms with Crippen LogP contribution >= 0.6 is 31.9 Å². The summed E-state index contributed by atoms with van der Waals surface area (Å²) in [6, 6.07) is 21.2. The zero-order valence-corrected chi connectivity index (χ0v) is 15.9. The predicted octanol–water partition coefficient (Wildman–Crippen LogP) is 7.14. The van der Waals surface area contributed by atoms with Crippen LogP contribution in [0.15, 0.2) is 76.4 Å². The van der Waals surface area contributed by atoms with E-state index in [4.69, 9.17) is 0 Å². The lowest BCUT2D eigenvalue weighted by Gasteiger charge is -2.13. The van der Waals surface area contributed by atoms with Gasteiger partial charge < -0.3 is 0 Å². The highest BCUT2D eigenvalue weighted by molar-refractivity contribution is 9.28. The van der Waals surface area contributed by atoms with Gasteiger partial charge in [-0.25, -0.2) is 0 Å². The molecule has 0 aliphatic heterocycles. The van der Waals surface area contributed by atoms with Crippen molar-refractivity contribution in [3.63, 3.8) is 0 Å². The van der Waals surface area contributed by atoms with E-state index in [9.17, 15) is 0 Å². The van der Waals surface area contributed by atoms with Gasteiger partial charge in [-0.2, -0.15) is 0 Å². The third-order valence-electron chi connectivity index (χ3n) is 4.16. The zero-order valence-electron chi connectivity index (χ0n) is 12.7. The van der Waals surface area contributed by atoms with Crippen LogP contribution in [0.5, 0.6) is 0 Å². The van der Waals surface area contributed by atoms with E-state index in [0.717, 1.165) is 19.9 Å². The Balaban J connectivity index is 2.16. The molecule has 3 heteroatoms. The van der Waals surface area contributed by atoms with Crippen LogP contribution < -0.4 is 0 Å². The van der Waals surface area contributed by atoms with Gasteiger partial charge in [0.25, 0.3) is 0 Å². The fourth-order valence-corrected chi connectivity index (χ4v) is 3.64. The van der Waals surface area contributed by atoms with E-state index in [1.807, 2.05) is 18.5 Å². The van der Waals surface area contributed by atoms with Gasteiger partial charge in [0.1, 0.15) is 0 Å². The van der Waals surface area contributed by atoms with Gasteiger partial charge in [0, 0.05) is 23.3 Å². The SMILES string of the molecule is BrC(Br)=Cc1ccc2ccccc2c1-c1cncc2ccccc12. The molecule has 1 aromatic heterocycles. The highest BCUT2D eigenvalue weighted by Crippen LogP contribution is 2.37. The quantitative estimate of drug-likeness (QED) is 0.324. The molecule has 4 rings (SSSR count). The molecule has 0 aliphatic carbocycles. The fraction of sp³-hybridized carbons (Fsp3) is 0. The first-order valence-electron chi connectivity index (χ1n) is 7.61. The molecule has 0 saturated carbocycles. The molecule has 0 spiro atoms. The largest absolute Gasteiger partial charge is 0.263 e. The third-order valence-corrected chi connectivity index (χ3v) is 4.62. The van der Waals surface area contributed by atoms with E-state index in [0.29, 0.717) is 0 Å². The maximum atomic E-state index is 4.47. The molecule has 0 radical (unpaired) electrons. The van der Waals surface area contributed by atoms with Crippen molar-refractivity contribution in [1.29, 1.82) is 0 Å². The van der Waals surface area contributed by atoms with E-state index in [1.54, 1.807) is 0 Å². The average Bonchev–Trinajstić information content (AvgIpc) is 2.61. The van der Waals surface area contributed by atoms with Crippen LogP contribution in [0.25, 0.3) is 38.7 Å². The summed E-state index contributed by atoms with van der Waals surface area (Å²) in [5.41, 5.74) is 3.50. The summed E-state index contributed by atoms with van der Waals surface area (Å²) in [7, 11) is 0. The van der Waals surface area contributed by atoms with Crippen molar-refractivity contribution in [1.82, 2.24) is 4.98 Å². The monoisotopic (exact) mass is 437 g/mol. The number of nitrogens with zero attached hydrogens (tertiary/aromatic N) is 1. The lowest BCUT2D eigenvalue weighted by molar-refractivity contribution is 1.36. The normalized spacial score (nSPS) is 10.9. The number of benzene rings is 3. The van der Waals surface area contributed by atoms with Crippen LogP contribution in [-0.4, -0.2) is 4.98 Å². The standard InChI is InChI=1S/C21H13Br2N/c22-20(23)11-15-10-9-14-5-1-4-8-18(14)21(15)19-13-24-12-16-6-2-3-7-17(16)19/h1-13H. The van der Waals surface area contributed by atoms with Gasteiger partial charge in [0.05, 0.1) is 3.39 Å². The summed E-state index contributed by atoms with van der Waals surface area (Å²) in [6.45, 7) is 0. The van der Waals surface area contributed by atoms with Crippen LogP contribution in [0, 0.1) is 0 Å². The molecular weight excluding hydrogens is 426 g/mol. The van der Waals surface area contributed by atoms with Gasteiger partial charge in [-0.3, -0.25) is 4.98 Å². The summed E-state index contributed by atoms with van der Waals surface area (Å²) in [5.74, 6) is 0. The summed E-state index contributed by atoms with van der Waals surface area (Å²) in [6.07, 6.45) is 5.97. The topological polar surface area (TPSA) is 12.9 Å².